The van der Waals surface area contributed by atoms with Crippen LogP contribution in [-0.2, 0) is 0 Å². The van der Waals surface area contributed by atoms with Gasteiger partial charge in [0, 0.05) is 36.3 Å². The summed E-state index contributed by atoms with van der Waals surface area (Å²) in [5, 5.41) is 25.2. The minimum Gasteiger partial charge on any atom is -0.436 e. The highest BCUT2D eigenvalue weighted by Crippen LogP contribution is 2.32. The van der Waals surface area contributed by atoms with E-state index in [0.717, 1.165) is 24.2 Å². The first-order chi connectivity index (χ1) is 20.7. The van der Waals surface area contributed by atoms with E-state index in [0.29, 0.717) is 45.9 Å². The Morgan fingerprint density at radius 2 is 1.28 bits per heavy atom. The summed E-state index contributed by atoms with van der Waals surface area (Å²) < 4.78 is 24.4. The molecule has 218 valence electrons. The van der Waals surface area contributed by atoms with E-state index in [1.807, 2.05) is 49.3 Å². The molecule has 0 spiro atoms. The van der Waals surface area contributed by atoms with Crippen molar-refractivity contribution in [2.45, 2.75) is 0 Å². The van der Waals surface area contributed by atoms with Crippen LogP contribution in [0.3, 0.4) is 0 Å². The van der Waals surface area contributed by atoms with Crippen molar-refractivity contribution in [3.8, 4) is 22.9 Å². The Kier molecular flexibility index (Phi) is 8.34. The number of nitro groups is 2. The number of nitro benzene ring substituents is 2. The largest absolute Gasteiger partial charge is 0.436 e. The van der Waals surface area contributed by atoms with E-state index in [-0.39, 0.29) is 11.6 Å². The Hall–Kier alpha value is -5.69. The summed E-state index contributed by atoms with van der Waals surface area (Å²) in [5.74, 6) is -0.284. The number of likely N-dealkylation sites (N-methyl/N-ethyl adjacent to an activating group) is 1. The molecule has 1 N–H and O–H groups in total. The first-order valence-corrected chi connectivity index (χ1v) is 13.0. The molecule has 6 rings (SSSR count). The number of anilines is 1. The molecular formula is C30H25FN6O6. The lowest BCUT2D eigenvalue weighted by molar-refractivity contribution is -0.387. The van der Waals surface area contributed by atoms with Crippen molar-refractivity contribution in [2.24, 2.45) is 0 Å². The third-order valence-corrected chi connectivity index (χ3v) is 6.29. The third-order valence-electron chi connectivity index (χ3n) is 6.29. The van der Waals surface area contributed by atoms with E-state index in [9.17, 15) is 24.6 Å². The first kappa shape index (κ1) is 28.8. The zero-order valence-electron chi connectivity index (χ0n) is 23.1. The minimum absolute atomic E-state index is 0.00788. The molecule has 0 atom stereocenters. The SMILES string of the molecule is CN(C)CCNc1ccc(-c2nc3ccccc3o2)cc1[N+](=O)[O-].O=[N+]([O-])c1cc(-c2nc3ccccc3o2)ccc1F. The van der Waals surface area contributed by atoms with Crippen molar-refractivity contribution in [3.63, 3.8) is 0 Å². The molecule has 43 heavy (non-hydrogen) atoms. The van der Waals surface area contributed by atoms with Crippen LogP contribution >= 0.6 is 0 Å². The molecule has 0 saturated heterocycles. The molecule has 4 aromatic carbocycles. The van der Waals surface area contributed by atoms with Gasteiger partial charge in [-0.15, -0.1) is 0 Å². The molecule has 13 heteroatoms. The van der Waals surface area contributed by atoms with Gasteiger partial charge in [0.2, 0.25) is 17.6 Å². The fourth-order valence-electron chi connectivity index (χ4n) is 4.16. The number of rotatable bonds is 8. The van der Waals surface area contributed by atoms with Crippen molar-refractivity contribution in [3.05, 3.63) is 111 Å². The molecule has 0 aliphatic heterocycles. The number of oxazole rings is 2. The predicted molar refractivity (Wildman–Crippen MR) is 159 cm³/mol. The normalized spacial score (nSPS) is 11.0. The van der Waals surface area contributed by atoms with Gasteiger partial charge in [-0.2, -0.15) is 4.39 Å². The topological polar surface area (TPSA) is 154 Å². The van der Waals surface area contributed by atoms with Crippen LogP contribution in [0.25, 0.3) is 45.1 Å². The summed E-state index contributed by atoms with van der Waals surface area (Å²) in [7, 11) is 3.90. The smallest absolute Gasteiger partial charge is 0.305 e. The van der Waals surface area contributed by atoms with Crippen LogP contribution in [0.4, 0.5) is 21.5 Å². The van der Waals surface area contributed by atoms with E-state index in [1.54, 1.807) is 30.3 Å². The Labute approximate surface area is 243 Å². The average molecular weight is 585 g/mol. The summed E-state index contributed by atoms with van der Waals surface area (Å²) >= 11 is 0. The molecule has 0 amide bonds. The van der Waals surface area contributed by atoms with Crippen molar-refractivity contribution in [1.82, 2.24) is 14.9 Å². The summed E-state index contributed by atoms with van der Waals surface area (Å²) in [6, 6.07) is 23.0. The highest BCUT2D eigenvalue weighted by Gasteiger charge is 2.19. The standard InChI is InChI=1S/C17H18N4O3.C13H7FN2O3/c1-20(2)10-9-18-13-8-7-12(11-15(13)21(22)23)17-19-14-5-3-4-6-16(14)24-17;14-9-6-5-8(7-11(9)16(17)18)13-15-10-3-1-2-4-12(10)19-13/h3-8,11,18H,9-10H2,1-2H3;1-7H. The summed E-state index contributed by atoms with van der Waals surface area (Å²) in [5.41, 5.74) is 3.44. The lowest BCUT2D eigenvalue weighted by atomic mass is 10.1. The van der Waals surface area contributed by atoms with Gasteiger partial charge in [0.25, 0.3) is 5.69 Å². The Bertz CT molecular complexity index is 1870. The fourth-order valence-corrected chi connectivity index (χ4v) is 4.16. The molecule has 0 aliphatic carbocycles. The van der Waals surface area contributed by atoms with Crippen molar-refractivity contribution in [1.29, 1.82) is 0 Å². The molecule has 2 aromatic heterocycles. The second-order valence-electron chi connectivity index (χ2n) is 9.62. The van der Waals surface area contributed by atoms with Gasteiger partial charge >= 0.3 is 5.69 Å². The van der Waals surface area contributed by atoms with Crippen LogP contribution in [0.1, 0.15) is 0 Å². The fraction of sp³-hybridized carbons (Fsp3) is 0.133. The maximum atomic E-state index is 13.2. The molecule has 12 nitrogen and oxygen atoms in total. The number of nitrogens with zero attached hydrogens (tertiary/aromatic N) is 5. The zero-order chi connectivity index (χ0) is 30.5. The predicted octanol–water partition coefficient (Wildman–Crippen LogP) is 6.92. The average Bonchev–Trinajstić information content (AvgIpc) is 3.62. The summed E-state index contributed by atoms with van der Waals surface area (Å²) in [6.07, 6.45) is 0. The maximum absolute atomic E-state index is 13.2. The van der Waals surface area contributed by atoms with Crippen LogP contribution in [0.15, 0.2) is 93.8 Å². The highest BCUT2D eigenvalue weighted by atomic mass is 19.1. The number of benzene rings is 4. The summed E-state index contributed by atoms with van der Waals surface area (Å²) in [6.45, 7) is 1.40. The Morgan fingerprint density at radius 3 is 1.79 bits per heavy atom. The van der Waals surface area contributed by atoms with Crippen LogP contribution in [0, 0.1) is 26.0 Å². The molecular weight excluding hydrogens is 559 g/mol. The van der Waals surface area contributed by atoms with Gasteiger partial charge in [0.05, 0.1) is 9.85 Å². The van der Waals surface area contributed by atoms with E-state index >= 15 is 0 Å². The number of nitrogens with one attached hydrogen (secondary N) is 1. The number of fused-ring (bicyclic) bond motifs is 2. The van der Waals surface area contributed by atoms with Gasteiger partial charge in [0.15, 0.2) is 11.2 Å². The quantitative estimate of drug-likeness (QED) is 0.147. The van der Waals surface area contributed by atoms with E-state index in [2.05, 4.69) is 15.3 Å². The second kappa shape index (κ2) is 12.4. The molecule has 0 saturated carbocycles. The van der Waals surface area contributed by atoms with Gasteiger partial charge in [-0.05, 0) is 62.6 Å². The lowest BCUT2D eigenvalue weighted by Crippen LogP contribution is -2.21. The number of aromatic nitrogens is 2. The molecule has 0 bridgehead atoms. The monoisotopic (exact) mass is 584 g/mol. The number of halogens is 1. The third kappa shape index (κ3) is 6.63. The van der Waals surface area contributed by atoms with Gasteiger partial charge < -0.3 is 19.1 Å². The number of hydrogen-bond acceptors (Lipinski definition) is 10. The number of hydrogen-bond donors (Lipinski definition) is 1. The molecule has 0 unspecified atom stereocenters. The van der Waals surface area contributed by atoms with Crippen molar-refractivity contribution in [2.75, 3.05) is 32.5 Å². The van der Waals surface area contributed by atoms with E-state index in [1.165, 1.54) is 12.1 Å². The maximum Gasteiger partial charge on any atom is 0.305 e. The van der Waals surface area contributed by atoms with Crippen LogP contribution in [-0.4, -0.2) is 51.9 Å². The van der Waals surface area contributed by atoms with Crippen molar-refractivity contribution < 1.29 is 23.1 Å². The highest BCUT2D eigenvalue weighted by molar-refractivity contribution is 5.78. The second-order valence-corrected chi connectivity index (χ2v) is 9.62. The van der Waals surface area contributed by atoms with Crippen LogP contribution in [0.2, 0.25) is 0 Å². The molecule has 0 aliphatic rings. The zero-order valence-corrected chi connectivity index (χ0v) is 23.1. The van der Waals surface area contributed by atoms with Gasteiger partial charge in [0.1, 0.15) is 16.7 Å². The van der Waals surface area contributed by atoms with Crippen LogP contribution < -0.4 is 5.32 Å². The molecule has 6 aromatic rings. The minimum atomic E-state index is -0.884. The first-order valence-electron chi connectivity index (χ1n) is 13.0. The van der Waals surface area contributed by atoms with Gasteiger partial charge in [-0.25, -0.2) is 9.97 Å². The Morgan fingerprint density at radius 1 is 0.767 bits per heavy atom. The molecule has 0 fully saturated rings. The summed E-state index contributed by atoms with van der Waals surface area (Å²) in [4.78, 5) is 31.5. The van der Waals surface area contributed by atoms with E-state index < -0.39 is 21.4 Å². The Balaban J connectivity index is 0.000000176. The van der Waals surface area contributed by atoms with Gasteiger partial charge in [-0.3, -0.25) is 20.2 Å². The van der Waals surface area contributed by atoms with Crippen molar-refractivity contribution >= 4 is 39.3 Å². The molecule has 0 radical (unpaired) electrons. The lowest BCUT2D eigenvalue weighted by Gasteiger charge is -2.11. The number of para-hydroxylation sites is 4. The molecule has 2 heterocycles. The van der Waals surface area contributed by atoms with Gasteiger partial charge in [-0.1, -0.05) is 24.3 Å². The van der Waals surface area contributed by atoms with E-state index in [4.69, 9.17) is 8.83 Å². The van der Waals surface area contributed by atoms with Crippen LogP contribution in [0.5, 0.6) is 0 Å².